The van der Waals surface area contributed by atoms with E-state index in [0.717, 1.165) is 38.0 Å². The Kier molecular flexibility index (Phi) is 5.37. The Bertz CT molecular complexity index is 809. The summed E-state index contributed by atoms with van der Waals surface area (Å²) >= 11 is 0. The first-order valence-electron chi connectivity index (χ1n) is 9.81. The summed E-state index contributed by atoms with van der Waals surface area (Å²) in [6.07, 6.45) is 5.66. The molecule has 1 saturated carbocycles. The van der Waals surface area contributed by atoms with Crippen molar-refractivity contribution in [2.45, 2.75) is 50.0 Å². The molecule has 2 fully saturated rings. The molecule has 1 aliphatic carbocycles. The second-order valence-corrected chi connectivity index (χ2v) is 7.53. The third-order valence-corrected chi connectivity index (χ3v) is 6.05. The zero-order valence-electron chi connectivity index (χ0n) is 16.4. The fraction of sp³-hybridized carbons (Fsp3) is 0.524. The summed E-state index contributed by atoms with van der Waals surface area (Å²) < 4.78 is 17.9. The maximum atomic E-state index is 11.7. The molecule has 2 aromatic rings. The first-order chi connectivity index (χ1) is 13.6. The lowest BCUT2D eigenvalue weighted by Gasteiger charge is -2.43. The first-order valence-corrected chi connectivity index (χ1v) is 9.81. The zero-order valence-corrected chi connectivity index (χ0v) is 16.4. The van der Waals surface area contributed by atoms with Crippen molar-refractivity contribution >= 4 is 5.91 Å². The molecule has 0 aromatic carbocycles. The molecular formula is C21H27N3O4. The summed E-state index contributed by atoms with van der Waals surface area (Å²) in [5.74, 6) is 1.59. The van der Waals surface area contributed by atoms with Gasteiger partial charge < -0.3 is 19.2 Å². The summed E-state index contributed by atoms with van der Waals surface area (Å²) in [6, 6.07) is 9.57. The van der Waals surface area contributed by atoms with Crippen molar-refractivity contribution in [2.24, 2.45) is 0 Å². The van der Waals surface area contributed by atoms with Gasteiger partial charge in [-0.2, -0.15) is 0 Å². The predicted molar refractivity (Wildman–Crippen MR) is 103 cm³/mol. The number of rotatable bonds is 6. The van der Waals surface area contributed by atoms with E-state index in [-0.39, 0.29) is 23.7 Å². The number of amides is 1. The van der Waals surface area contributed by atoms with Gasteiger partial charge in [0.2, 0.25) is 5.88 Å². The lowest BCUT2D eigenvalue weighted by Crippen LogP contribution is -2.52. The van der Waals surface area contributed by atoms with E-state index in [9.17, 15) is 4.79 Å². The van der Waals surface area contributed by atoms with Crippen LogP contribution in [-0.4, -0.2) is 54.2 Å². The number of nitrogens with one attached hydrogen (secondary N) is 1. The quantitative estimate of drug-likeness (QED) is 0.824. The molecule has 3 heterocycles. The molecule has 150 valence electrons. The van der Waals surface area contributed by atoms with Gasteiger partial charge in [-0.25, -0.2) is 4.98 Å². The van der Waals surface area contributed by atoms with Crippen LogP contribution in [0.25, 0.3) is 0 Å². The molecule has 1 aliphatic heterocycles. The number of ether oxygens (including phenoxy) is 2. The van der Waals surface area contributed by atoms with Crippen molar-refractivity contribution < 1.29 is 18.7 Å². The molecule has 0 spiro atoms. The Labute approximate surface area is 165 Å². The van der Waals surface area contributed by atoms with Gasteiger partial charge in [0, 0.05) is 45.4 Å². The molecule has 0 radical (unpaired) electrons. The summed E-state index contributed by atoms with van der Waals surface area (Å²) in [4.78, 5) is 18.4. The summed E-state index contributed by atoms with van der Waals surface area (Å²) in [7, 11) is 3.41. The molecule has 1 N–H and O–H groups in total. The van der Waals surface area contributed by atoms with E-state index in [1.54, 1.807) is 19.3 Å². The van der Waals surface area contributed by atoms with Crippen molar-refractivity contribution in [1.29, 1.82) is 0 Å². The van der Waals surface area contributed by atoms with E-state index in [1.165, 1.54) is 0 Å². The highest BCUT2D eigenvalue weighted by atomic mass is 16.5. The van der Waals surface area contributed by atoms with Crippen LogP contribution in [0.15, 0.2) is 40.9 Å². The van der Waals surface area contributed by atoms with Crippen LogP contribution in [-0.2, 0) is 11.3 Å². The molecular weight excluding hydrogens is 358 g/mol. The van der Waals surface area contributed by atoms with E-state index in [4.69, 9.17) is 13.9 Å². The molecule has 0 unspecified atom stereocenters. The van der Waals surface area contributed by atoms with Gasteiger partial charge in [0.05, 0.1) is 12.1 Å². The minimum Gasteiger partial charge on any atom is -0.474 e. The lowest BCUT2D eigenvalue weighted by molar-refractivity contribution is -0.0848. The molecule has 7 heteroatoms. The van der Waals surface area contributed by atoms with Gasteiger partial charge in [0.1, 0.15) is 11.9 Å². The minimum atomic E-state index is -0.208. The Balaban J connectivity index is 1.46. The van der Waals surface area contributed by atoms with Crippen LogP contribution in [0.3, 0.4) is 0 Å². The average molecular weight is 385 g/mol. The summed E-state index contributed by atoms with van der Waals surface area (Å²) in [6.45, 7) is 1.59. The molecule has 28 heavy (non-hydrogen) atoms. The normalized spacial score (nSPS) is 27.4. The number of furan rings is 1. The number of methoxy groups -OCH3 is 1. The van der Waals surface area contributed by atoms with E-state index in [0.29, 0.717) is 18.2 Å². The largest absolute Gasteiger partial charge is 0.474 e. The zero-order chi connectivity index (χ0) is 19.6. The maximum Gasteiger partial charge on any atom is 0.286 e. The highest BCUT2D eigenvalue weighted by Gasteiger charge is 2.51. The monoisotopic (exact) mass is 385 g/mol. The summed E-state index contributed by atoms with van der Waals surface area (Å²) in [5, 5.41) is 2.59. The van der Waals surface area contributed by atoms with Crippen LogP contribution in [0.4, 0.5) is 0 Å². The summed E-state index contributed by atoms with van der Waals surface area (Å²) in [5.41, 5.74) is -0.139. The van der Waals surface area contributed by atoms with Crippen molar-refractivity contribution in [3.05, 3.63) is 48.0 Å². The van der Waals surface area contributed by atoms with Gasteiger partial charge in [-0.05, 0) is 37.5 Å². The van der Waals surface area contributed by atoms with Gasteiger partial charge >= 0.3 is 0 Å². The Hall–Kier alpha value is -2.38. The average Bonchev–Trinajstić information content (AvgIpc) is 3.34. The number of hydrogen-bond acceptors (Lipinski definition) is 6. The molecule has 1 amide bonds. The van der Waals surface area contributed by atoms with Gasteiger partial charge in [0.15, 0.2) is 5.76 Å². The van der Waals surface area contributed by atoms with Gasteiger partial charge in [-0.1, -0.05) is 6.07 Å². The van der Waals surface area contributed by atoms with E-state index in [2.05, 4.69) is 15.2 Å². The second kappa shape index (κ2) is 7.93. The number of likely N-dealkylation sites (tertiary alicyclic amines) is 1. The standard InChI is InChI=1S/C21H27N3O4/c1-22-20(25)17-7-6-16(27-17)14-24-12-10-21(26-2)9-8-15(13-18(21)24)28-19-5-3-4-11-23-19/h3-7,11,15,18H,8-10,12-14H2,1-2H3,(H,22,25)/t15-,18+,21-/m1/s1. The van der Waals surface area contributed by atoms with Crippen molar-refractivity contribution in [2.75, 3.05) is 20.7 Å². The van der Waals surface area contributed by atoms with Crippen LogP contribution >= 0.6 is 0 Å². The highest BCUT2D eigenvalue weighted by Crippen LogP contribution is 2.43. The van der Waals surface area contributed by atoms with Gasteiger partial charge in [-0.15, -0.1) is 0 Å². The number of nitrogens with zero attached hydrogens (tertiary/aromatic N) is 2. The topological polar surface area (TPSA) is 76.8 Å². The van der Waals surface area contributed by atoms with Crippen LogP contribution in [0.2, 0.25) is 0 Å². The van der Waals surface area contributed by atoms with E-state index in [1.807, 2.05) is 31.4 Å². The van der Waals surface area contributed by atoms with Crippen LogP contribution < -0.4 is 10.1 Å². The van der Waals surface area contributed by atoms with Crippen molar-refractivity contribution in [3.63, 3.8) is 0 Å². The predicted octanol–water partition coefficient (Wildman–Crippen LogP) is 2.63. The number of carbonyl (C=O) groups is 1. The fourth-order valence-corrected chi connectivity index (χ4v) is 4.55. The van der Waals surface area contributed by atoms with E-state index < -0.39 is 0 Å². The minimum absolute atomic E-state index is 0.113. The van der Waals surface area contributed by atoms with Crippen molar-refractivity contribution in [1.82, 2.24) is 15.2 Å². The molecule has 4 rings (SSSR count). The second-order valence-electron chi connectivity index (χ2n) is 7.53. The number of carbonyl (C=O) groups excluding carboxylic acids is 1. The molecule has 3 atom stereocenters. The third kappa shape index (κ3) is 3.64. The van der Waals surface area contributed by atoms with E-state index >= 15 is 0 Å². The lowest BCUT2D eigenvalue weighted by atomic mass is 9.79. The molecule has 7 nitrogen and oxygen atoms in total. The first kappa shape index (κ1) is 19.0. The Morgan fingerprint density at radius 3 is 3.00 bits per heavy atom. The van der Waals surface area contributed by atoms with Crippen LogP contribution in [0, 0.1) is 0 Å². The SMILES string of the molecule is CNC(=O)c1ccc(CN2CC[C@]3(OC)CC[C@@H](Oc4ccccn4)C[C@H]23)o1. The van der Waals surface area contributed by atoms with Gasteiger partial charge in [0.25, 0.3) is 5.91 Å². The molecule has 2 aromatic heterocycles. The van der Waals surface area contributed by atoms with Gasteiger partial charge in [-0.3, -0.25) is 9.69 Å². The molecule has 0 bridgehead atoms. The number of pyridine rings is 1. The Morgan fingerprint density at radius 1 is 1.36 bits per heavy atom. The maximum absolute atomic E-state index is 11.7. The number of hydrogen-bond donors (Lipinski definition) is 1. The molecule has 2 aliphatic rings. The number of fused-ring (bicyclic) bond motifs is 1. The fourth-order valence-electron chi connectivity index (χ4n) is 4.55. The molecule has 1 saturated heterocycles. The number of aromatic nitrogens is 1. The highest BCUT2D eigenvalue weighted by molar-refractivity contribution is 5.91. The van der Waals surface area contributed by atoms with Crippen molar-refractivity contribution in [3.8, 4) is 5.88 Å². The Morgan fingerprint density at radius 2 is 2.25 bits per heavy atom. The smallest absolute Gasteiger partial charge is 0.286 e. The van der Waals surface area contributed by atoms with Crippen LogP contribution in [0.5, 0.6) is 5.88 Å². The van der Waals surface area contributed by atoms with Crippen LogP contribution in [0.1, 0.15) is 42.0 Å². The third-order valence-electron chi connectivity index (χ3n) is 6.05.